The summed E-state index contributed by atoms with van der Waals surface area (Å²) in [7, 11) is 0. The zero-order chi connectivity index (χ0) is 15.5. The lowest BCUT2D eigenvalue weighted by molar-refractivity contribution is -0.125. The van der Waals surface area contributed by atoms with Crippen LogP contribution in [-0.2, 0) is 4.79 Å². The highest BCUT2D eigenvalue weighted by molar-refractivity contribution is 5.85. The summed E-state index contributed by atoms with van der Waals surface area (Å²) in [4.78, 5) is 12.3. The largest absolute Gasteiger partial charge is 0.355 e. The van der Waals surface area contributed by atoms with Crippen LogP contribution in [0, 0.1) is 17.3 Å². The highest BCUT2D eigenvalue weighted by Gasteiger charge is 2.43. The number of halogens is 1. The molecule has 0 aromatic heterocycles. The monoisotopic (exact) mass is 324 g/mol. The number of carbonyl (C=O) groups excluding carboxylic acids is 1. The topological polar surface area (TPSA) is 55.1 Å². The number of hydrogen-bond acceptors (Lipinski definition) is 2. The smallest absolute Gasteiger partial charge is 0.224 e. The molecule has 2 unspecified atom stereocenters. The number of amides is 1. The van der Waals surface area contributed by atoms with Crippen LogP contribution in [0.3, 0.4) is 0 Å². The lowest BCUT2D eigenvalue weighted by atomic mass is 9.92. The van der Waals surface area contributed by atoms with Gasteiger partial charge in [0, 0.05) is 12.6 Å². The molecule has 0 saturated heterocycles. The minimum Gasteiger partial charge on any atom is -0.355 e. The number of nitrogens with two attached hydrogens (primary N) is 1. The summed E-state index contributed by atoms with van der Waals surface area (Å²) in [6.07, 6.45) is 3.68. The van der Waals surface area contributed by atoms with Crippen molar-refractivity contribution >= 4 is 18.3 Å². The van der Waals surface area contributed by atoms with Crippen LogP contribution < -0.4 is 11.1 Å². The van der Waals surface area contributed by atoms with E-state index in [-0.39, 0.29) is 30.3 Å². The highest BCUT2D eigenvalue weighted by Crippen LogP contribution is 2.50. The molecule has 2 atom stereocenters. The van der Waals surface area contributed by atoms with Gasteiger partial charge in [-0.3, -0.25) is 4.79 Å². The van der Waals surface area contributed by atoms with Crippen molar-refractivity contribution in [3.63, 3.8) is 0 Å². The standard InChI is InChI=1S/C18H28N2O.ClH/c1-13(2)11-18(9-10-18)12-20-17(21)14(3)16(19)15-7-5-4-6-8-15;/h4-8,13-14,16H,9-12,19H2,1-3H3,(H,20,21);1H. The van der Waals surface area contributed by atoms with E-state index in [0.717, 1.165) is 12.1 Å². The molecule has 1 aliphatic carbocycles. The van der Waals surface area contributed by atoms with Crippen LogP contribution in [-0.4, -0.2) is 12.5 Å². The van der Waals surface area contributed by atoms with Crippen molar-refractivity contribution in [3.8, 4) is 0 Å². The molecule has 1 aromatic rings. The quantitative estimate of drug-likeness (QED) is 0.803. The van der Waals surface area contributed by atoms with E-state index in [1.54, 1.807) is 0 Å². The third kappa shape index (κ3) is 4.99. The fourth-order valence-corrected chi connectivity index (χ4v) is 3.06. The van der Waals surface area contributed by atoms with Gasteiger partial charge in [-0.1, -0.05) is 51.1 Å². The molecule has 0 aliphatic heterocycles. The van der Waals surface area contributed by atoms with Crippen LogP contribution in [0.25, 0.3) is 0 Å². The molecule has 3 N–H and O–H groups in total. The van der Waals surface area contributed by atoms with Gasteiger partial charge < -0.3 is 11.1 Å². The van der Waals surface area contributed by atoms with E-state index in [9.17, 15) is 4.79 Å². The van der Waals surface area contributed by atoms with Crippen molar-refractivity contribution in [2.75, 3.05) is 6.54 Å². The van der Waals surface area contributed by atoms with Gasteiger partial charge in [0.25, 0.3) is 0 Å². The molecule has 0 radical (unpaired) electrons. The molecular weight excluding hydrogens is 296 g/mol. The van der Waals surface area contributed by atoms with Crippen molar-refractivity contribution in [2.24, 2.45) is 23.0 Å². The maximum atomic E-state index is 12.3. The van der Waals surface area contributed by atoms with Gasteiger partial charge in [-0.25, -0.2) is 0 Å². The minimum absolute atomic E-state index is 0. The summed E-state index contributed by atoms with van der Waals surface area (Å²) < 4.78 is 0. The Hall–Kier alpha value is -1.06. The molecule has 1 saturated carbocycles. The summed E-state index contributed by atoms with van der Waals surface area (Å²) in [6.45, 7) is 7.20. The fourth-order valence-electron chi connectivity index (χ4n) is 3.06. The first-order valence-corrected chi connectivity index (χ1v) is 8.02. The summed E-state index contributed by atoms with van der Waals surface area (Å²) >= 11 is 0. The van der Waals surface area contributed by atoms with Gasteiger partial charge in [0.05, 0.1) is 5.92 Å². The second-order valence-electron chi connectivity index (χ2n) is 7.04. The Morgan fingerprint density at radius 3 is 2.32 bits per heavy atom. The molecule has 2 rings (SSSR count). The Balaban J connectivity index is 0.00000242. The molecule has 124 valence electrons. The van der Waals surface area contributed by atoms with Crippen LogP contribution in [0.2, 0.25) is 0 Å². The molecule has 22 heavy (non-hydrogen) atoms. The van der Waals surface area contributed by atoms with E-state index in [4.69, 9.17) is 5.73 Å². The first kappa shape index (κ1) is 19.0. The Bertz CT molecular complexity index is 471. The van der Waals surface area contributed by atoms with Crippen molar-refractivity contribution in [3.05, 3.63) is 35.9 Å². The van der Waals surface area contributed by atoms with Crippen LogP contribution in [0.15, 0.2) is 30.3 Å². The fraction of sp³-hybridized carbons (Fsp3) is 0.611. The van der Waals surface area contributed by atoms with Crippen LogP contribution in [0.5, 0.6) is 0 Å². The van der Waals surface area contributed by atoms with E-state index >= 15 is 0 Å². The summed E-state index contributed by atoms with van der Waals surface area (Å²) in [5.74, 6) is 0.553. The minimum atomic E-state index is -0.244. The van der Waals surface area contributed by atoms with E-state index in [2.05, 4.69) is 19.2 Å². The normalized spacial score (nSPS) is 18.2. The summed E-state index contributed by atoms with van der Waals surface area (Å²) in [6, 6.07) is 9.60. The molecule has 1 aliphatic rings. The second kappa shape index (κ2) is 7.98. The van der Waals surface area contributed by atoms with E-state index in [1.807, 2.05) is 37.3 Å². The van der Waals surface area contributed by atoms with E-state index < -0.39 is 0 Å². The van der Waals surface area contributed by atoms with Gasteiger partial charge in [-0.15, -0.1) is 12.4 Å². The number of rotatable bonds is 7. The highest BCUT2D eigenvalue weighted by atomic mass is 35.5. The van der Waals surface area contributed by atoms with Gasteiger partial charge in [-0.05, 0) is 36.2 Å². The van der Waals surface area contributed by atoms with Gasteiger partial charge in [0.1, 0.15) is 0 Å². The first-order valence-electron chi connectivity index (χ1n) is 8.02. The van der Waals surface area contributed by atoms with Crippen LogP contribution in [0.1, 0.15) is 51.6 Å². The zero-order valence-corrected chi connectivity index (χ0v) is 14.7. The molecule has 0 spiro atoms. The summed E-state index contributed by atoms with van der Waals surface area (Å²) in [5.41, 5.74) is 7.59. The molecule has 0 heterocycles. The van der Waals surface area contributed by atoms with Crippen LogP contribution in [0.4, 0.5) is 0 Å². The van der Waals surface area contributed by atoms with Crippen molar-refractivity contribution in [1.29, 1.82) is 0 Å². The lowest BCUT2D eigenvalue weighted by Crippen LogP contribution is -2.38. The zero-order valence-electron chi connectivity index (χ0n) is 13.8. The Morgan fingerprint density at radius 2 is 1.82 bits per heavy atom. The molecule has 1 aromatic carbocycles. The molecule has 0 bridgehead atoms. The maximum absolute atomic E-state index is 12.3. The molecule has 1 amide bonds. The first-order chi connectivity index (χ1) is 9.93. The van der Waals surface area contributed by atoms with E-state index in [0.29, 0.717) is 11.3 Å². The van der Waals surface area contributed by atoms with Crippen molar-refractivity contribution in [2.45, 2.75) is 46.1 Å². The molecule has 4 heteroatoms. The third-order valence-corrected chi connectivity index (χ3v) is 4.57. The van der Waals surface area contributed by atoms with Crippen molar-refractivity contribution < 1.29 is 4.79 Å². The second-order valence-corrected chi connectivity index (χ2v) is 7.04. The Morgan fingerprint density at radius 1 is 1.23 bits per heavy atom. The van der Waals surface area contributed by atoms with Gasteiger partial charge >= 0.3 is 0 Å². The SMILES string of the molecule is CC(C)CC1(CNC(=O)C(C)C(N)c2ccccc2)CC1.Cl. The third-order valence-electron chi connectivity index (χ3n) is 4.57. The lowest BCUT2D eigenvalue weighted by Gasteiger charge is -2.23. The predicted octanol–water partition coefficient (Wildman–Crippen LogP) is 3.69. The molecule has 3 nitrogen and oxygen atoms in total. The average molecular weight is 325 g/mol. The molecule has 1 fully saturated rings. The van der Waals surface area contributed by atoms with E-state index in [1.165, 1.54) is 19.3 Å². The van der Waals surface area contributed by atoms with Gasteiger partial charge in [-0.2, -0.15) is 0 Å². The van der Waals surface area contributed by atoms with Crippen molar-refractivity contribution in [1.82, 2.24) is 5.32 Å². The number of benzene rings is 1. The number of nitrogens with one attached hydrogen (secondary N) is 1. The average Bonchev–Trinajstić information content (AvgIpc) is 3.23. The Kier molecular flexibility index (Phi) is 6.89. The Labute approximate surface area is 140 Å². The van der Waals surface area contributed by atoms with Gasteiger partial charge in [0.15, 0.2) is 0 Å². The summed E-state index contributed by atoms with van der Waals surface area (Å²) in [5, 5.41) is 3.12. The maximum Gasteiger partial charge on any atom is 0.224 e. The predicted molar refractivity (Wildman–Crippen MR) is 93.9 cm³/mol. The van der Waals surface area contributed by atoms with Crippen LogP contribution >= 0.6 is 12.4 Å². The number of hydrogen-bond donors (Lipinski definition) is 2. The van der Waals surface area contributed by atoms with Gasteiger partial charge in [0.2, 0.25) is 5.91 Å². The number of carbonyl (C=O) groups is 1. The molecular formula is C18H29ClN2O.